The van der Waals surface area contributed by atoms with Crippen molar-refractivity contribution in [3.05, 3.63) is 17.0 Å². The maximum atomic E-state index is 11.9. The molecule has 21 heavy (non-hydrogen) atoms. The Bertz CT molecular complexity index is 493. The van der Waals surface area contributed by atoms with E-state index >= 15 is 0 Å². The minimum Gasteiger partial charge on any atom is -0.464 e. The van der Waals surface area contributed by atoms with Gasteiger partial charge in [-0.05, 0) is 39.8 Å². The average Bonchev–Trinajstić information content (AvgIpc) is 2.72. The van der Waals surface area contributed by atoms with Crippen LogP contribution >= 0.6 is 11.3 Å². The van der Waals surface area contributed by atoms with Crippen LogP contribution in [-0.2, 0) is 20.7 Å². The first kappa shape index (κ1) is 17.3. The monoisotopic (exact) mass is 314 g/mol. The van der Waals surface area contributed by atoms with Crippen LogP contribution in [0.5, 0.6) is 0 Å². The summed E-state index contributed by atoms with van der Waals surface area (Å²) in [4.78, 5) is 24.6. The molecule has 0 aliphatic carbocycles. The van der Waals surface area contributed by atoms with Gasteiger partial charge < -0.3 is 20.5 Å². The molecule has 1 rings (SSSR count). The second kappa shape index (κ2) is 7.31. The second-order valence-electron chi connectivity index (χ2n) is 5.46. The quantitative estimate of drug-likeness (QED) is 0.814. The summed E-state index contributed by atoms with van der Waals surface area (Å²) in [6, 6.07) is 2.79. The summed E-state index contributed by atoms with van der Waals surface area (Å²) in [6.45, 7) is 7.23. The van der Waals surface area contributed by atoms with E-state index in [9.17, 15) is 9.59 Å². The van der Waals surface area contributed by atoms with Gasteiger partial charge in [0.15, 0.2) is 0 Å². The highest BCUT2D eigenvalue weighted by atomic mass is 32.1. The minimum atomic E-state index is -0.794. The SMILES string of the molecule is CCOC(=O)[C@H](Cc1ccc(N)s1)NC(=O)OC(C)(C)C. The number of esters is 1. The van der Waals surface area contributed by atoms with Gasteiger partial charge in [0.05, 0.1) is 11.6 Å². The van der Waals surface area contributed by atoms with Gasteiger partial charge in [-0.15, -0.1) is 11.3 Å². The standard InChI is InChI=1S/C14H22N2O4S/c1-5-19-12(17)10(8-9-6-7-11(15)21-9)16-13(18)20-14(2,3)4/h6-7,10H,5,8,15H2,1-4H3,(H,16,18)/t10-/m0/s1. The fourth-order valence-corrected chi connectivity index (χ4v) is 2.42. The lowest BCUT2D eigenvalue weighted by Crippen LogP contribution is -2.45. The smallest absolute Gasteiger partial charge is 0.408 e. The van der Waals surface area contributed by atoms with E-state index in [2.05, 4.69) is 5.32 Å². The van der Waals surface area contributed by atoms with Crippen LogP contribution in [0.3, 0.4) is 0 Å². The molecule has 118 valence electrons. The number of nitrogens with one attached hydrogen (secondary N) is 1. The van der Waals surface area contributed by atoms with Crippen LogP contribution in [0, 0.1) is 0 Å². The van der Waals surface area contributed by atoms with E-state index in [1.54, 1.807) is 33.8 Å². The molecule has 0 radical (unpaired) electrons. The first-order chi connectivity index (χ1) is 9.71. The van der Waals surface area contributed by atoms with E-state index in [1.807, 2.05) is 6.07 Å². The molecule has 0 unspecified atom stereocenters. The molecule has 0 bridgehead atoms. The Labute approximate surface area is 128 Å². The zero-order chi connectivity index (χ0) is 16.0. The molecule has 3 N–H and O–H groups in total. The highest BCUT2D eigenvalue weighted by molar-refractivity contribution is 7.15. The lowest BCUT2D eigenvalue weighted by atomic mass is 10.2. The Hall–Kier alpha value is -1.76. The van der Waals surface area contributed by atoms with E-state index in [0.29, 0.717) is 11.4 Å². The molecule has 1 amide bonds. The van der Waals surface area contributed by atoms with Crippen molar-refractivity contribution in [3.63, 3.8) is 0 Å². The number of anilines is 1. The van der Waals surface area contributed by atoms with E-state index in [-0.39, 0.29) is 6.61 Å². The van der Waals surface area contributed by atoms with Crippen LogP contribution in [0.25, 0.3) is 0 Å². The molecule has 0 spiro atoms. The van der Waals surface area contributed by atoms with Crippen molar-refractivity contribution in [1.29, 1.82) is 0 Å². The maximum absolute atomic E-state index is 11.9. The number of thiophene rings is 1. The predicted octanol–water partition coefficient (Wildman–Crippen LogP) is 2.33. The van der Waals surface area contributed by atoms with Crippen LogP contribution in [0.1, 0.15) is 32.6 Å². The summed E-state index contributed by atoms with van der Waals surface area (Å²) in [6.07, 6.45) is -0.329. The fourth-order valence-electron chi connectivity index (χ4n) is 1.59. The Morgan fingerprint density at radius 3 is 2.52 bits per heavy atom. The number of carbonyl (C=O) groups excluding carboxylic acids is 2. The summed E-state index contributed by atoms with van der Waals surface area (Å²) < 4.78 is 10.1. The number of rotatable bonds is 5. The number of nitrogen functional groups attached to an aromatic ring is 1. The molecule has 1 aromatic rings. The fraction of sp³-hybridized carbons (Fsp3) is 0.571. The van der Waals surface area contributed by atoms with Crippen molar-refractivity contribution >= 4 is 28.4 Å². The second-order valence-corrected chi connectivity index (χ2v) is 6.66. The Kier molecular flexibility index (Phi) is 6.02. The van der Waals surface area contributed by atoms with Gasteiger partial charge in [0.1, 0.15) is 11.6 Å². The van der Waals surface area contributed by atoms with E-state index in [0.717, 1.165) is 4.88 Å². The topological polar surface area (TPSA) is 90.6 Å². The zero-order valence-corrected chi connectivity index (χ0v) is 13.6. The van der Waals surface area contributed by atoms with Crippen molar-refractivity contribution in [2.45, 2.75) is 45.8 Å². The lowest BCUT2D eigenvalue weighted by Gasteiger charge is -2.22. The summed E-state index contributed by atoms with van der Waals surface area (Å²) in [5.74, 6) is -0.490. The van der Waals surface area contributed by atoms with Crippen molar-refractivity contribution in [2.75, 3.05) is 12.3 Å². The first-order valence-electron chi connectivity index (χ1n) is 6.71. The Morgan fingerprint density at radius 1 is 1.38 bits per heavy atom. The lowest BCUT2D eigenvalue weighted by molar-refractivity contribution is -0.145. The molecule has 7 heteroatoms. The predicted molar refractivity (Wildman–Crippen MR) is 82.2 cm³/mol. The third-order valence-corrected chi connectivity index (χ3v) is 3.29. The number of hydrogen-bond donors (Lipinski definition) is 2. The van der Waals surface area contributed by atoms with Crippen LogP contribution in [0.4, 0.5) is 9.80 Å². The van der Waals surface area contributed by atoms with Gasteiger partial charge in [-0.1, -0.05) is 0 Å². The van der Waals surface area contributed by atoms with Crippen LogP contribution in [0.2, 0.25) is 0 Å². The van der Waals surface area contributed by atoms with Gasteiger partial charge >= 0.3 is 12.1 Å². The third kappa shape index (κ3) is 6.48. The van der Waals surface area contributed by atoms with Crippen molar-refractivity contribution in [3.8, 4) is 0 Å². The molecule has 0 saturated carbocycles. The van der Waals surface area contributed by atoms with Crippen molar-refractivity contribution < 1.29 is 19.1 Å². The molecule has 0 aliphatic heterocycles. The third-order valence-electron chi connectivity index (χ3n) is 2.35. The Balaban J connectivity index is 2.73. The number of nitrogens with two attached hydrogens (primary N) is 1. The van der Waals surface area contributed by atoms with Gasteiger partial charge in [0, 0.05) is 11.3 Å². The molecule has 1 heterocycles. The number of ether oxygens (including phenoxy) is 2. The summed E-state index contributed by atoms with van der Waals surface area (Å²) in [5, 5.41) is 3.20. The van der Waals surface area contributed by atoms with E-state index in [4.69, 9.17) is 15.2 Å². The van der Waals surface area contributed by atoms with Gasteiger partial charge in [0.2, 0.25) is 0 Å². The van der Waals surface area contributed by atoms with Crippen LogP contribution in [-0.4, -0.2) is 30.3 Å². The molecule has 0 aromatic carbocycles. The largest absolute Gasteiger partial charge is 0.464 e. The number of hydrogen-bond acceptors (Lipinski definition) is 6. The molecule has 1 aromatic heterocycles. The number of amides is 1. The van der Waals surface area contributed by atoms with Gasteiger partial charge in [-0.2, -0.15) is 0 Å². The van der Waals surface area contributed by atoms with Gasteiger partial charge in [-0.25, -0.2) is 9.59 Å². The summed E-state index contributed by atoms with van der Waals surface area (Å²) in [7, 11) is 0. The Morgan fingerprint density at radius 2 is 2.05 bits per heavy atom. The summed E-state index contributed by atoms with van der Waals surface area (Å²) >= 11 is 1.37. The van der Waals surface area contributed by atoms with Gasteiger partial charge in [0.25, 0.3) is 0 Å². The van der Waals surface area contributed by atoms with Crippen LogP contribution in [0.15, 0.2) is 12.1 Å². The zero-order valence-electron chi connectivity index (χ0n) is 12.8. The van der Waals surface area contributed by atoms with Crippen molar-refractivity contribution in [2.24, 2.45) is 0 Å². The molecule has 1 atom stereocenters. The highest BCUT2D eigenvalue weighted by Crippen LogP contribution is 2.20. The van der Waals surface area contributed by atoms with E-state index in [1.165, 1.54) is 11.3 Å². The highest BCUT2D eigenvalue weighted by Gasteiger charge is 2.26. The molecule has 0 aliphatic rings. The molecule has 0 fully saturated rings. The first-order valence-corrected chi connectivity index (χ1v) is 7.53. The van der Waals surface area contributed by atoms with Crippen molar-refractivity contribution in [1.82, 2.24) is 5.32 Å². The number of carbonyl (C=O) groups is 2. The summed E-state index contributed by atoms with van der Waals surface area (Å²) in [5.41, 5.74) is 5.04. The average molecular weight is 314 g/mol. The molecule has 6 nitrogen and oxygen atoms in total. The molecular weight excluding hydrogens is 292 g/mol. The number of alkyl carbamates (subject to hydrolysis) is 1. The maximum Gasteiger partial charge on any atom is 0.408 e. The van der Waals surface area contributed by atoms with E-state index < -0.39 is 23.7 Å². The van der Waals surface area contributed by atoms with Crippen LogP contribution < -0.4 is 11.1 Å². The molecular formula is C14H22N2O4S. The minimum absolute atomic E-state index is 0.248. The molecule has 0 saturated heterocycles. The van der Waals surface area contributed by atoms with Gasteiger partial charge in [-0.3, -0.25) is 0 Å². The normalized spacial score (nSPS) is 12.6.